The molecule has 1 aliphatic heterocycles. The van der Waals surface area contributed by atoms with Gasteiger partial charge in [-0.3, -0.25) is 0 Å². The third-order valence-corrected chi connectivity index (χ3v) is 2.92. The molecule has 0 aromatic carbocycles. The highest BCUT2D eigenvalue weighted by Gasteiger charge is 2.39. The Hall–Kier alpha value is -0.0800. The maximum Gasteiger partial charge on any atom is 0.00774 e. The molecular formula is C10H22N2. The van der Waals surface area contributed by atoms with Crippen LogP contribution in [0.3, 0.4) is 0 Å². The summed E-state index contributed by atoms with van der Waals surface area (Å²) in [7, 11) is 0. The Morgan fingerprint density at radius 3 is 2.33 bits per heavy atom. The van der Waals surface area contributed by atoms with Crippen molar-refractivity contribution >= 4 is 0 Å². The van der Waals surface area contributed by atoms with Crippen molar-refractivity contribution in [2.75, 3.05) is 26.2 Å². The molecule has 1 rings (SSSR count). The van der Waals surface area contributed by atoms with Crippen LogP contribution in [-0.2, 0) is 0 Å². The van der Waals surface area contributed by atoms with Crippen LogP contribution in [0.15, 0.2) is 0 Å². The van der Waals surface area contributed by atoms with E-state index in [2.05, 4.69) is 25.7 Å². The van der Waals surface area contributed by atoms with Crippen LogP contribution in [0.1, 0.15) is 27.2 Å². The molecule has 1 saturated heterocycles. The van der Waals surface area contributed by atoms with Crippen LogP contribution in [-0.4, -0.2) is 31.1 Å². The topological polar surface area (TPSA) is 29.3 Å². The first kappa shape index (κ1) is 10.0. The normalized spacial score (nSPS) is 22.8. The van der Waals surface area contributed by atoms with Gasteiger partial charge >= 0.3 is 0 Å². The minimum absolute atomic E-state index is 0.467. The van der Waals surface area contributed by atoms with Crippen molar-refractivity contribution in [1.29, 1.82) is 0 Å². The second-order valence-corrected chi connectivity index (χ2v) is 4.62. The summed E-state index contributed by atoms with van der Waals surface area (Å²) in [4.78, 5) is 2.51. The van der Waals surface area contributed by atoms with E-state index in [1.807, 2.05) is 0 Å². The van der Waals surface area contributed by atoms with E-state index in [0.717, 1.165) is 12.5 Å². The van der Waals surface area contributed by atoms with E-state index < -0.39 is 0 Å². The van der Waals surface area contributed by atoms with Crippen LogP contribution >= 0.6 is 0 Å². The fourth-order valence-electron chi connectivity index (χ4n) is 2.04. The van der Waals surface area contributed by atoms with Crippen molar-refractivity contribution in [2.24, 2.45) is 17.1 Å². The molecule has 0 saturated carbocycles. The summed E-state index contributed by atoms with van der Waals surface area (Å²) in [5.41, 5.74) is 6.21. The number of rotatable bonds is 4. The molecule has 0 amide bonds. The van der Waals surface area contributed by atoms with Gasteiger partial charge in [0.15, 0.2) is 0 Å². The smallest absolute Gasteiger partial charge is 0.00774 e. The van der Waals surface area contributed by atoms with Gasteiger partial charge in [0, 0.05) is 31.6 Å². The van der Waals surface area contributed by atoms with Crippen molar-refractivity contribution in [3.05, 3.63) is 0 Å². The van der Waals surface area contributed by atoms with Gasteiger partial charge in [-0.05, 0) is 12.3 Å². The summed E-state index contributed by atoms with van der Waals surface area (Å²) >= 11 is 0. The number of nitrogens with two attached hydrogens (primary N) is 1. The predicted molar refractivity (Wildman–Crippen MR) is 53.1 cm³/mol. The molecule has 2 heteroatoms. The molecule has 2 nitrogen and oxygen atoms in total. The van der Waals surface area contributed by atoms with Crippen LogP contribution in [0.25, 0.3) is 0 Å². The fraction of sp³-hybridized carbons (Fsp3) is 1.00. The number of hydrogen-bond donors (Lipinski definition) is 1. The maximum absolute atomic E-state index is 5.75. The quantitative estimate of drug-likeness (QED) is 0.689. The van der Waals surface area contributed by atoms with Gasteiger partial charge in [-0.1, -0.05) is 20.8 Å². The van der Waals surface area contributed by atoms with Crippen molar-refractivity contribution < 1.29 is 0 Å². The highest BCUT2D eigenvalue weighted by Crippen LogP contribution is 2.32. The standard InChI is InChI=1S/C10H22N2/c1-4-10(6-11)7-12(8-10)5-9(2)3/h9H,4-8,11H2,1-3H3. The van der Waals surface area contributed by atoms with Crippen LogP contribution in [0.5, 0.6) is 0 Å². The molecule has 1 heterocycles. The Kier molecular flexibility index (Phi) is 3.13. The number of nitrogens with zero attached hydrogens (tertiary/aromatic N) is 1. The van der Waals surface area contributed by atoms with Gasteiger partial charge in [-0.15, -0.1) is 0 Å². The second-order valence-electron chi connectivity index (χ2n) is 4.62. The summed E-state index contributed by atoms with van der Waals surface area (Å²) in [6.45, 7) is 11.3. The summed E-state index contributed by atoms with van der Waals surface area (Å²) in [5, 5.41) is 0. The summed E-state index contributed by atoms with van der Waals surface area (Å²) in [6, 6.07) is 0. The maximum atomic E-state index is 5.75. The molecule has 0 radical (unpaired) electrons. The average Bonchev–Trinajstić information content (AvgIpc) is 1.95. The van der Waals surface area contributed by atoms with Crippen molar-refractivity contribution in [1.82, 2.24) is 4.90 Å². The summed E-state index contributed by atoms with van der Waals surface area (Å²) in [6.07, 6.45) is 1.23. The molecule has 0 aromatic heterocycles. The van der Waals surface area contributed by atoms with E-state index in [-0.39, 0.29) is 0 Å². The largest absolute Gasteiger partial charge is 0.330 e. The zero-order chi connectivity index (χ0) is 9.19. The lowest BCUT2D eigenvalue weighted by atomic mass is 9.77. The fourth-order valence-corrected chi connectivity index (χ4v) is 2.04. The molecule has 0 spiro atoms. The second kappa shape index (κ2) is 3.75. The molecule has 0 bridgehead atoms. The van der Waals surface area contributed by atoms with E-state index in [0.29, 0.717) is 5.41 Å². The molecule has 0 aromatic rings. The Morgan fingerprint density at radius 2 is 2.00 bits per heavy atom. The van der Waals surface area contributed by atoms with Gasteiger partial charge in [-0.2, -0.15) is 0 Å². The average molecular weight is 170 g/mol. The Labute approximate surface area is 76.1 Å². The van der Waals surface area contributed by atoms with Crippen LogP contribution in [0.2, 0.25) is 0 Å². The minimum atomic E-state index is 0.467. The van der Waals surface area contributed by atoms with Gasteiger partial charge in [0.1, 0.15) is 0 Å². The lowest BCUT2D eigenvalue weighted by molar-refractivity contribution is -0.00304. The molecule has 0 aliphatic carbocycles. The molecule has 1 fully saturated rings. The molecule has 0 unspecified atom stereocenters. The highest BCUT2D eigenvalue weighted by atomic mass is 15.2. The molecule has 72 valence electrons. The van der Waals surface area contributed by atoms with Gasteiger partial charge in [0.2, 0.25) is 0 Å². The highest BCUT2D eigenvalue weighted by molar-refractivity contribution is 4.94. The molecule has 1 aliphatic rings. The Balaban J connectivity index is 2.25. The van der Waals surface area contributed by atoms with E-state index >= 15 is 0 Å². The van der Waals surface area contributed by atoms with Crippen molar-refractivity contribution in [3.63, 3.8) is 0 Å². The minimum Gasteiger partial charge on any atom is -0.330 e. The SMILES string of the molecule is CCC1(CN)CN(CC(C)C)C1. The Bertz CT molecular complexity index is 131. The van der Waals surface area contributed by atoms with E-state index in [1.54, 1.807) is 0 Å². The van der Waals surface area contributed by atoms with Gasteiger partial charge in [0.25, 0.3) is 0 Å². The van der Waals surface area contributed by atoms with E-state index in [4.69, 9.17) is 5.73 Å². The first-order chi connectivity index (χ1) is 5.62. The lowest BCUT2D eigenvalue weighted by Crippen LogP contribution is -2.60. The molecular weight excluding hydrogens is 148 g/mol. The summed E-state index contributed by atoms with van der Waals surface area (Å²) in [5.74, 6) is 0.789. The molecule has 0 atom stereocenters. The third-order valence-electron chi connectivity index (χ3n) is 2.92. The van der Waals surface area contributed by atoms with Crippen LogP contribution < -0.4 is 5.73 Å². The zero-order valence-corrected chi connectivity index (χ0v) is 8.64. The van der Waals surface area contributed by atoms with Gasteiger partial charge < -0.3 is 10.6 Å². The van der Waals surface area contributed by atoms with Crippen LogP contribution in [0.4, 0.5) is 0 Å². The number of hydrogen-bond acceptors (Lipinski definition) is 2. The first-order valence-corrected chi connectivity index (χ1v) is 5.04. The molecule has 2 N–H and O–H groups in total. The number of likely N-dealkylation sites (tertiary alicyclic amines) is 1. The van der Waals surface area contributed by atoms with Crippen LogP contribution in [0, 0.1) is 11.3 Å². The monoisotopic (exact) mass is 170 g/mol. The predicted octanol–water partition coefficient (Wildman–Crippen LogP) is 1.31. The van der Waals surface area contributed by atoms with E-state index in [1.165, 1.54) is 26.1 Å². The first-order valence-electron chi connectivity index (χ1n) is 5.04. The lowest BCUT2D eigenvalue weighted by Gasteiger charge is -2.50. The third kappa shape index (κ3) is 1.99. The van der Waals surface area contributed by atoms with Crippen molar-refractivity contribution in [3.8, 4) is 0 Å². The summed E-state index contributed by atoms with van der Waals surface area (Å²) < 4.78 is 0. The van der Waals surface area contributed by atoms with Gasteiger partial charge in [-0.25, -0.2) is 0 Å². The van der Waals surface area contributed by atoms with Gasteiger partial charge in [0.05, 0.1) is 0 Å². The zero-order valence-electron chi connectivity index (χ0n) is 8.64. The Morgan fingerprint density at radius 1 is 1.42 bits per heavy atom. The van der Waals surface area contributed by atoms with E-state index in [9.17, 15) is 0 Å². The van der Waals surface area contributed by atoms with Crippen molar-refractivity contribution in [2.45, 2.75) is 27.2 Å². The molecule has 12 heavy (non-hydrogen) atoms.